The highest BCUT2D eigenvalue weighted by molar-refractivity contribution is 5.92. The highest BCUT2D eigenvalue weighted by Gasteiger charge is 2.23. The molecule has 0 aromatic heterocycles. The fraction of sp³-hybridized carbons (Fsp3) is 0.556. The SMILES string of the molecule is CCC(C)NC(=O)N1CCC(Cc2ccc(C(N)=O)cc2)CC1. The Morgan fingerprint density at radius 3 is 2.39 bits per heavy atom. The average Bonchev–Trinajstić information content (AvgIpc) is 2.55. The van der Waals surface area contributed by atoms with Crippen LogP contribution in [0.25, 0.3) is 0 Å². The first-order valence-corrected chi connectivity index (χ1v) is 8.43. The van der Waals surface area contributed by atoms with Gasteiger partial charge in [-0.3, -0.25) is 4.79 Å². The van der Waals surface area contributed by atoms with Crippen LogP contribution in [0.5, 0.6) is 0 Å². The van der Waals surface area contributed by atoms with E-state index in [1.807, 2.05) is 24.0 Å². The molecule has 0 radical (unpaired) electrons. The smallest absolute Gasteiger partial charge is 0.317 e. The number of piperidine rings is 1. The van der Waals surface area contributed by atoms with Crippen molar-refractivity contribution in [2.75, 3.05) is 13.1 Å². The maximum atomic E-state index is 12.1. The van der Waals surface area contributed by atoms with Crippen molar-refractivity contribution in [2.45, 2.75) is 45.6 Å². The minimum Gasteiger partial charge on any atom is -0.366 e. The molecule has 2 rings (SSSR count). The number of benzene rings is 1. The zero-order chi connectivity index (χ0) is 16.8. The van der Waals surface area contributed by atoms with E-state index in [2.05, 4.69) is 12.2 Å². The van der Waals surface area contributed by atoms with E-state index >= 15 is 0 Å². The largest absolute Gasteiger partial charge is 0.366 e. The number of amides is 3. The molecule has 0 spiro atoms. The Hall–Kier alpha value is -2.04. The number of hydrogen-bond acceptors (Lipinski definition) is 2. The molecule has 1 unspecified atom stereocenters. The molecular weight excluding hydrogens is 290 g/mol. The highest BCUT2D eigenvalue weighted by Crippen LogP contribution is 2.22. The van der Waals surface area contributed by atoms with Gasteiger partial charge < -0.3 is 16.0 Å². The summed E-state index contributed by atoms with van der Waals surface area (Å²) in [6, 6.07) is 7.80. The van der Waals surface area contributed by atoms with Crippen LogP contribution in [0.15, 0.2) is 24.3 Å². The molecule has 1 atom stereocenters. The van der Waals surface area contributed by atoms with Gasteiger partial charge in [-0.05, 0) is 56.2 Å². The van der Waals surface area contributed by atoms with Gasteiger partial charge in [0.25, 0.3) is 0 Å². The Morgan fingerprint density at radius 1 is 1.26 bits per heavy atom. The Kier molecular flexibility index (Phi) is 6.02. The standard InChI is InChI=1S/C18H27N3O2/c1-3-13(2)20-18(23)21-10-8-15(9-11-21)12-14-4-6-16(7-5-14)17(19)22/h4-7,13,15H,3,8-12H2,1-2H3,(H2,19,22)(H,20,23). The number of carbonyl (C=O) groups is 2. The average molecular weight is 317 g/mol. The quantitative estimate of drug-likeness (QED) is 0.875. The second-order valence-electron chi connectivity index (χ2n) is 6.45. The molecule has 0 bridgehead atoms. The predicted octanol–water partition coefficient (Wildman–Crippen LogP) is 2.55. The van der Waals surface area contributed by atoms with Crippen LogP contribution < -0.4 is 11.1 Å². The normalized spacial score (nSPS) is 16.9. The summed E-state index contributed by atoms with van der Waals surface area (Å²) >= 11 is 0. The van der Waals surface area contributed by atoms with Crippen molar-refractivity contribution >= 4 is 11.9 Å². The number of likely N-dealkylation sites (tertiary alicyclic amines) is 1. The summed E-state index contributed by atoms with van der Waals surface area (Å²) in [6.07, 6.45) is 3.97. The summed E-state index contributed by atoms with van der Waals surface area (Å²) in [5.74, 6) is 0.194. The van der Waals surface area contributed by atoms with E-state index in [1.54, 1.807) is 12.1 Å². The lowest BCUT2D eigenvalue weighted by atomic mass is 9.90. The number of rotatable bonds is 5. The second-order valence-corrected chi connectivity index (χ2v) is 6.45. The highest BCUT2D eigenvalue weighted by atomic mass is 16.2. The van der Waals surface area contributed by atoms with Gasteiger partial charge in [0.1, 0.15) is 0 Å². The Bertz CT molecular complexity index is 534. The third kappa shape index (κ3) is 4.98. The minimum absolute atomic E-state index is 0.0589. The maximum absolute atomic E-state index is 12.1. The van der Waals surface area contributed by atoms with Crippen molar-refractivity contribution in [1.29, 1.82) is 0 Å². The van der Waals surface area contributed by atoms with Crippen molar-refractivity contribution < 1.29 is 9.59 Å². The molecule has 1 aromatic rings. The number of urea groups is 1. The Labute approximate surface area is 138 Å². The number of carbonyl (C=O) groups excluding carboxylic acids is 2. The fourth-order valence-corrected chi connectivity index (χ4v) is 2.88. The third-order valence-corrected chi connectivity index (χ3v) is 4.65. The van der Waals surface area contributed by atoms with E-state index < -0.39 is 5.91 Å². The lowest BCUT2D eigenvalue weighted by Crippen LogP contribution is -2.47. The van der Waals surface area contributed by atoms with Gasteiger partial charge in [-0.25, -0.2) is 4.79 Å². The van der Waals surface area contributed by atoms with Crippen molar-refractivity contribution in [2.24, 2.45) is 11.7 Å². The van der Waals surface area contributed by atoms with Crippen molar-refractivity contribution in [3.05, 3.63) is 35.4 Å². The van der Waals surface area contributed by atoms with Gasteiger partial charge in [0, 0.05) is 24.7 Å². The summed E-state index contributed by atoms with van der Waals surface area (Å²) < 4.78 is 0. The Balaban J connectivity index is 1.80. The monoisotopic (exact) mass is 317 g/mol. The second kappa shape index (κ2) is 7.99. The van der Waals surface area contributed by atoms with E-state index in [4.69, 9.17) is 5.73 Å². The van der Waals surface area contributed by atoms with E-state index in [-0.39, 0.29) is 12.1 Å². The molecule has 1 aromatic carbocycles. The van der Waals surface area contributed by atoms with E-state index in [0.717, 1.165) is 38.8 Å². The van der Waals surface area contributed by atoms with E-state index in [9.17, 15) is 9.59 Å². The Morgan fingerprint density at radius 2 is 1.87 bits per heavy atom. The van der Waals surface area contributed by atoms with Crippen LogP contribution >= 0.6 is 0 Å². The summed E-state index contributed by atoms with van der Waals surface area (Å²) in [5.41, 5.74) is 7.02. The first-order valence-electron chi connectivity index (χ1n) is 8.43. The minimum atomic E-state index is -0.392. The molecule has 1 saturated heterocycles. The molecule has 0 saturated carbocycles. The van der Waals surface area contributed by atoms with Gasteiger partial charge in [0.2, 0.25) is 5.91 Å². The van der Waals surface area contributed by atoms with Gasteiger partial charge >= 0.3 is 6.03 Å². The zero-order valence-electron chi connectivity index (χ0n) is 14.0. The molecule has 1 aliphatic heterocycles. The summed E-state index contributed by atoms with van der Waals surface area (Å²) in [6.45, 7) is 5.72. The summed E-state index contributed by atoms with van der Waals surface area (Å²) in [4.78, 5) is 25.1. The van der Waals surface area contributed by atoms with E-state index in [1.165, 1.54) is 5.56 Å². The molecule has 5 nitrogen and oxygen atoms in total. The van der Waals surface area contributed by atoms with Gasteiger partial charge in [-0.2, -0.15) is 0 Å². The van der Waals surface area contributed by atoms with Crippen LogP contribution in [-0.4, -0.2) is 36.0 Å². The summed E-state index contributed by atoms with van der Waals surface area (Å²) in [5, 5.41) is 3.02. The van der Waals surface area contributed by atoms with Crippen LogP contribution in [-0.2, 0) is 6.42 Å². The fourth-order valence-electron chi connectivity index (χ4n) is 2.88. The number of primary amides is 1. The number of nitrogens with zero attached hydrogens (tertiary/aromatic N) is 1. The van der Waals surface area contributed by atoms with Gasteiger partial charge in [-0.15, -0.1) is 0 Å². The molecule has 3 N–H and O–H groups in total. The van der Waals surface area contributed by atoms with Crippen LogP contribution in [0, 0.1) is 5.92 Å². The third-order valence-electron chi connectivity index (χ3n) is 4.65. The molecular formula is C18H27N3O2. The van der Waals surface area contributed by atoms with Crippen LogP contribution in [0.2, 0.25) is 0 Å². The molecule has 3 amide bonds. The van der Waals surface area contributed by atoms with Crippen molar-refractivity contribution in [1.82, 2.24) is 10.2 Å². The molecule has 0 aliphatic carbocycles. The molecule has 23 heavy (non-hydrogen) atoms. The van der Waals surface area contributed by atoms with Crippen LogP contribution in [0.3, 0.4) is 0 Å². The van der Waals surface area contributed by atoms with Crippen LogP contribution in [0.1, 0.15) is 49.0 Å². The van der Waals surface area contributed by atoms with Gasteiger partial charge in [0.05, 0.1) is 0 Å². The molecule has 1 fully saturated rings. The number of nitrogens with one attached hydrogen (secondary N) is 1. The lowest BCUT2D eigenvalue weighted by molar-refractivity contribution is 0.1000. The topological polar surface area (TPSA) is 75.4 Å². The van der Waals surface area contributed by atoms with Crippen molar-refractivity contribution in [3.8, 4) is 0 Å². The molecule has 1 aliphatic rings. The number of nitrogens with two attached hydrogens (primary N) is 1. The summed E-state index contributed by atoms with van der Waals surface area (Å²) in [7, 11) is 0. The molecule has 126 valence electrons. The molecule has 1 heterocycles. The van der Waals surface area contributed by atoms with Gasteiger partial charge in [0.15, 0.2) is 0 Å². The lowest BCUT2D eigenvalue weighted by Gasteiger charge is -2.33. The molecule has 5 heteroatoms. The predicted molar refractivity (Wildman–Crippen MR) is 91.2 cm³/mol. The van der Waals surface area contributed by atoms with Gasteiger partial charge in [-0.1, -0.05) is 19.1 Å². The number of hydrogen-bond donors (Lipinski definition) is 2. The van der Waals surface area contributed by atoms with Crippen LogP contribution in [0.4, 0.5) is 4.79 Å². The van der Waals surface area contributed by atoms with Crippen molar-refractivity contribution in [3.63, 3.8) is 0 Å². The first-order chi connectivity index (χ1) is 11.0. The first kappa shape index (κ1) is 17.3. The zero-order valence-corrected chi connectivity index (χ0v) is 14.0. The maximum Gasteiger partial charge on any atom is 0.317 e. The van der Waals surface area contributed by atoms with E-state index in [0.29, 0.717) is 11.5 Å².